The van der Waals surface area contributed by atoms with E-state index in [-0.39, 0.29) is 11.6 Å². The van der Waals surface area contributed by atoms with E-state index < -0.39 is 4.92 Å². The van der Waals surface area contributed by atoms with Crippen LogP contribution in [-0.4, -0.2) is 30.6 Å². The van der Waals surface area contributed by atoms with E-state index in [0.717, 1.165) is 25.9 Å². The van der Waals surface area contributed by atoms with Crippen molar-refractivity contribution >= 4 is 17.7 Å². The predicted molar refractivity (Wildman–Crippen MR) is 85.5 cm³/mol. The van der Waals surface area contributed by atoms with Crippen LogP contribution in [0, 0.1) is 10.1 Å². The Balaban J connectivity index is 2.32. The normalized spacial score (nSPS) is 10.8. The van der Waals surface area contributed by atoms with Crippen molar-refractivity contribution in [1.82, 2.24) is 5.32 Å². The number of benzene rings is 1. The van der Waals surface area contributed by atoms with E-state index in [1.807, 2.05) is 0 Å². The van der Waals surface area contributed by atoms with Crippen molar-refractivity contribution in [2.45, 2.75) is 26.2 Å². The van der Waals surface area contributed by atoms with Gasteiger partial charge in [-0.2, -0.15) is 0 Å². The van der Waals surface area contributed by atoms with Crippen molar-refractivity contribution in [1.29, 1.82) is 0 Å². The van der Waals surface area contributed by atoms with E-state index in [2.05, 4.69) is 12.2 Å². The number of amides is 1. The Morgan fingerprint density at radius 2 is 2.05 bits per heavy atom. The summed E-state index contributed by atoms with van der Waals surface area (Å²) in [5.74, 6) is -0.272. The number of para-hydroxylation sites is 1. The number of nitrogens with zero attached hydrogens (tertiary/aromatic N) is 1. The second-order valence-electron chi connectivity index (χ2n) is 4.76. The van der Waals surface area contributed by atoms with Crippen LogP contribution in [0.3, 0.4) is 0 Å². The zero-order chi connectivity index (χ0) is 16.2. The number of carbonyl (C=O) groups excluding carboxylic acids is 1. The summed E-state index contributed by atoms with van der Waals surface area (Å²) in [6, 6.07) is 6.29. The van der Waals surface area contributed by atoms with E-state index in [1.54, 1.807) is 18.2 Å². The molecular weight excluding hydrogens is 284 g/mol. The Morgan fingerprint density at radius 1 is 1.32 bits per heavy atom. The van der Waals surface area contributed by atoms with Crippen molar-refractivity contribution in [2.75, 3.05) is 19.8 Å². The largest absolute Gasteiger partial charge is 0.381 e. The van der Waals surface area contributed by atoms with E-state index in [9.17, 15) is 14.9 Å². The third kappa shape index (κ3) is 6.99. The fourth-order valence-electron chi connectivity index (χ4n) is 1.75. The van der Waals surface area contributed by atoms with Crippen LogP contribution in [0.15, 0.2) is 30.3 Å². The van der Waals surface area contributed by atoms with Crippen LogP contribution in [0.25, 0.3) is 6.08 Å². The average Bonchev–Trinajstić information content (AvgIpc) is 2.52. The van der Waals surface area contributed by atoms with Crippen molar-refractivity contribution in [3.8, 4) is 0 Å². The maximum Gasteiger partial charge on any atom is 0.276 e. The quantitative estimate of drug-likeness (QED) is 0.312. The van der Waals surface area contributed by atoms with Crippen molar-refractivity contribution in [3.63, 3.8) is 0 Å². The van der Waals surface area contributed by atoms with Gasteiger partial charge in [-0.3, -0.25) is 14.9 Å². The summed E-state index contributed by atoms with van der Waals surface area (Å²) in [4.78, 5) is 22.0. The number of carbonyl (C=O) groups is 1. The Bertz CT molecular complexity index is 515. The topological polar surface area (TPSA) is 81.5 Å². The standard InChI is InChI=1S/C16H22N2O4/c1-2-3-12-22-13-6-11-17-16(19)10-9-14-7-4-5-8-15(14)18(20)21/h4-5,7-10H,2-3,6,11-13H2,1H3,(H,17,19)/b10-9+. The summed E-state index contributed by atoms with van der Waals surface area (Å²) in [7, 11) is 0. The molecule has 1 aromatic rings. The monoisotopic (exact) mass is 306 g/mol. The smallest absolute Gasteiger partial charge is 0.276 e. The fraction of sp³-hybridized carbons (Fsp3) is 0.438. The van der Waals surface area contributed by atoms with Crippen molar-refractivity contribution in [3.05, 3.63) is 46.0 Å². The number of hydrogen-bond donors (Lipinski definition) is 1. The van der Waals surface area contributed by atoms with E-state index in [4.69, 9.17) is 4.74 Å². The van der Waals surface area contributed by atoms with E-state index in [0.29, 0.717) is 18.7 Å². The summed E-state index contributed by atoms with van der Waals surface area (Å²) in [6.07, 6.45) is 5.65. The summed E-state index contributed by atoms with van der Waals surface area (Å²) in [6.45, 7) is 4.00. The molecule has 6 nitrogen and oxygen atoms in total. The van der Waals surface area contributed by atoms with Crippen LogP contribution < -0.4 is 5.32 Å². The maximum absolute atomic E-state index is 11.6. The first-order chi connectivity index (χ1) is 10.6. The molecule has 1 rings (SSSR count). The number of nitro groups is 1. The first-order valence-electron chi connectivity index (χ1n) is 7.42. The lowest BCUT2D eigenvalue weighted by Crippen LogP contribution is -2.23. The predicted octanol–water partition coefficient (Wildman–Crippen LogP) is 2.93. The molecule has 0 unspecified atom stereocenters. The van der Waals surface area contributed by atoms with Crippen LogP contribution in [0.1, 0.15) is 31.7 Å². The molecule has 22 heavy (non-hydrogen) atoms. The third-order valence-electron chi connectivity index (χ3n) is 2.95. The van der Waals surface area contributed by atoms with Gasteiger partial charge >= 0.3 is 0 Å². The minimum absolute atomic E-state index is 0.0177. The lowest BCUT2D eigenvalue weighted by Gasteiger charge is -2.04. The van der Waals surface area contributed by atoms with E-state index >= 15 is 0 Å². The molecule has 0 heterocycles. The molecule has 6 heteroatoms. The third-order valence-corrected chi connectivity index (χ3v) is 2.95. The SMILES string of the molecule is CCCCOCCCNC(=O)/C=C/c1ccccc1[N+](=O)[O-]. The first-order valence-corrected chi connectivity index (χ1v) is 7.42. The maximum atomic E-state index is 11.6. The molecule has 0 aromatic heterocycles. The summed E-state index contributed by atoms with van der Waals surface area (Å²) in [5, 5.41) is 13.6. The molecule has 120 valence electrons. The molecule has 0 aliphatic rings. The highest BCUT2D eigenvalue weighted by atomic mass is 16.6. The van der Waals surface area contributed by atoms with Gasteiger partial charge in [0.2, 0.25) is 5.91 Å². The highest BCUT2D eigenvalue weighted by molar-refractivity contribution is 5.92. The number of rotatable bonds is 10. The highest BCUT2D eigenvalue weighted by Gasteiger charge is 2.09. The second-order valence-corrected chi connectivity index (χ2v) is 4.76. The van der Waals surface area contributed by atoms with Gasteiger partial charge in [-0.05, 0) is 25.0 Å². The average molecular weight is 306 g/mol. The minimum Gasteiger partial charge on any atom is -0.381 e. The van der Waals surface area contributed by atoms with Gasteiger partial charge in [-0.25, -0.2) is 0 Å². The van der Waals surface area contributed by atoms with E-state index in [1.165, 1.54) is 18.2 Å². The van der Waals surface area contributed by atoms with Crippen LogP contribution in [0.5, 0.6) is 0 Å². The number of hydrogen-bond acceptors (Lipinski definition) is 4. The highest BCUT2D eigenvalue weighted by Crippen LogP contribution is 2.18. The fourth-order valence-corrected chi connectivity index (χ4v) is 1.75. The zero-order valence-corrected chi connectivity index (χ0v) is 12.8. The molecular formula is C16H22N2O4. The molecule has 1 amide bonds. The first kappa shape index (κ1) is 17.8. The van der Waals surface area contributed by atoms with Gasteiger partial charge in [0, 0.05) is 31.9 Å². The number of ether oxygens (including phenoxy) is 1. The number of nitrogens with one attached hydrogen (secondary N) is 1. The number of nitro benzene ring substituents is 1. The molecule has 0 aliphatic carbocycles. The van der Waals surface area contributed by atoms with Gasteiger partial charge in [0.1, 0.15) is 0 Å². The van der Waals surface area contributed by atoms with Crippen LogP contribution >= 0.6 is 0 Å². The molecule has 0 saturated carbocycles. The Morgan fingerprint density at radius 3 is 2.77 bits per heavy atom. The lowest BCUT2D eigenvalue weighted by molar-refractivity contribution is -0.385. The molecule has 0 aliphatic heterocycles. The van der Waals surface area contributed by atoms with Crippen molar-refractivity contribution in [2.24, 2.45) is 0 Å². The molecule has 1 aromatic carbocycles. The van der Waals surface area contributed by atoms with Gasteiger partial charge < -0.3 is 10.1 Å². The molecule has 1 N–H and O–H groups in total. The van der Waals surface area contributed by atoms with Crippen LogP contribution in [0.4, 0.5) is 5.69 Å². The molecule has 0 fully saturated rings. The van der Waals surface area contributed by atoms with Crippen LogP contribution in [0.2, 0.25) is 0 Å². The Labute approximate surface area is 130 Å². The van der Waals surface area contributed by atoms with Gasteiger partial charge in [0.05, 0.1) is 10.5 Å². The molecule has 0 bridgehead atoms. The minimum atomic E-state index is -0.467. The van der Waals surface area contributed by atoms with Gasteiger partial charge in [0.25, 0.3) is 5.69 Å². The molecule has 0 spiro atoms. The van der Waals surface area contributed by atoms with Crippen molar-refractivity contribution < 1.29 is 14.5 Å². The molecule has 0 saturated heterocycles. The van der Waals surface area contributed by atoms with Gasteiger partial charge in [-0.1, -0.05) is 25.5 Å². The second kappa shape index (κ2) is 10.5. The Hall–Kier alpha value is -2.21. The van der Waals surface area contributed by atoms with Crippen LogP contribution in [-0.2, 0) is 9.53 Å². The van der Waals surface area contributed by atoms with Gasteiger partial charge in [-0.15, -0.1) is 0 Å². The molecule has 0 atom stereocenters. The summed E-state index contributed by atoms with van der Waals surface area (Å²) < 4.78 is 5.38. The summed E-state index contributed by atoms with van der Waals surface area (Å²) >= 11 is 0. The Kier molecular flexibility index (Phi) is 8.52. The zero-order valence-electron chi connectivity index (χ0n) is 12.8. The van der Waals surface area contributed by atoms with Gasteiger partial charge in [0.15, 0.2) is 0 Å². The number of unbranched alkanes of at least 4 members (excludes halogenated alkanes) is 1. The summed E-state index contributed by atoms with van der Waals surface area (Å²) in [5.41, 5.74) is 0.390. The molecule has 0 radical (unpaired) electrons. The lowest BCUT2D eigenvalue weighted by atomic mass is 10.1.